The number of ether oxygens (including phenoxy) is 1. The number of hydrogen-bond acceptors (Lipinski definition) is 7. The van der Waals surface area contributed by atoms with Crippen LogP contribution in [0.5, 0.6) is 0 Å². The first-order chi connectivity index (χ1) is 8.32. The van der Waals surface area contributed by atoms with Gasteiger partial charge in [0.2, 0.25) is 12.3 Å². The first kappa shape index (κ1) is 17.8. The Bertz CT molecular complexity index is 501. The molecule has 2 N–H and O–H groups in total. The minimum atomic E-state index is -4.87. The molecule has 0 bridgehead atoms. The highest BCUT2D eigenvalue weighted by Gasteiger charge is 2.32. The summed E-state index contributed by atoms with van der Waals surface area (Å²) in [6.07, 6.45) is -5.92. The summed E-state index contributed by atoms with van der Waals surface area (Å²) in [4.78, 5) is 21.5. The average Bonchev–Trinajstić information content (AvgIpc) is 2.11. The van der Waals surface area contributed by atoms with Crippen LogP contribution in [0.3, 0.4) is 0 Å². The summed E-state index contributed by atoms with van der Waals surface area (Å²) < 4.78 is 86.2. The number of esters is 2. The Morgan fingerprint density at radius 3 is 1.37 bits per heavy atom. The lowest BCUT2D eigenvalue weighted by Gasteiger charge is -2.08. The zero-order valence-corrected chi connectivity index (χ0v) is 10.5. The summed E-state index contributed by atoms with van der Waals surface area (Å²) in [7, 11) is -9.74. The van der Waals surface area contributed by atoms with Gasteiger partial charge in [0.25, 0.3) is 20.2 Å². The van der Waals surface area contributed by atoms with Gasteiger partial charge in [-0.05, 0) is 0 Å². The fourth-order valence-electron chi connectivity index (χ4n) is 0.733. The van der Waals surface area contributed by atoms with Gasteiger partial charge < -0.3 is 4.74 Å². The molecule has 0 amide bonds. The number of carbonyl (C=O) groups is 2. The third-order valence-corrected chi connectivity index (χ3v) is 2.85. The van der Waals surface area contributed by atoms with Gasteiger partial charge in [0.05, 0.1) is 0 Å². The molecule has 0 saturated carbocycles. The summed E-state index contributed by atoms with van der Waals surface area (Å²) in [5.41, 5.74) is 0. The molecule has 0 aliphatic rings. The van der Waals surface area contributed by atoms with Gasteiger partial charge in [-0.3, -0.25) is 9.11 Å². The lowest BCUT2D eigenvalue weighted by molar-refractivity contribution is -0.165. The van der Waals surface area contributed by atoms with Gasteiger partial charge in [0.15, 0.2) is 0 Å². The van der Waals surface area contributed by atoms with Gasteiger partial charge in [0.1, 0.15) is 11.5 Å². The predicted molar refractivity (Wildman–Crippen MR) is 53.7 cm³/mol. The molecule has 2 unspecified atom stereocenters. The standard InChI is InChI=1S/C6H8F2O9S2/c7-3(1-18(11,12)13)5(9)17-6(10)4(8)2-19(14,15)16/h3-4H,1-2H2,(H,11,12,13)(H,14,15,16). The van der Waals surface area contributed by atoms with Crippen LogP contribution in [0.2, 0.25) is 0 Å². The highest BCUT2D eigenvalue weighted by molar-refractivity contribution is 7.86. The lowest BCUT2D eigenvalue weighted by Crippen LogP contribution is -2.34. The molecule has 0 heterocycles. The third-order valence-electron chi connectivity index (χ3n) is 1.43. The Morgan fingerprint density at radius 1 is 0.895 bits per heavy atom. The lowest BCUT2D eigenvalue weighted by atomic mass is 10.4. The van der Waals surface area contributed by atoms with Gasteiger partial charge in [0, 0.05) is 0 Å². The molecule has 0 aliphatic carbocycles. The monoisotopic (exact) mass is 326 g/mol. The van der Waals surface area contributed by atoms with E-state index in [9.17, 15) is 35.2 Å². The van der Waals surface area contributed by atoms with Crippen LogP contribution in [0.15, 0.2) is 0 Å². The van der Waals surface area contributed by atoms with Crippen molar-refractivity contribution in [2.45, 2.75) is 12.3 Å². The molecule has 0 spiro atoms. The minimum Gasteiger partial charge on any atom is -0.389 e. The van der Waals surface area contributed by atoms with Crippen LogP contribution < -0.4 is 0 Å². The zero-order valence-electron chi connectivity index (χ0n) is 8.89. The van der Waals surface area contributed by atoms with Crippen LogP contribution in [0, 0.1) is 0 Å². The summed E-state index contributed by atoms with van der Waals surface area (Å²) >= 11 is 0. The van der Waals surface area contributed by atoms with Crippen LogP contribution in [0.25, 0.3) is 0 Å². The number of halogens is 2. The summed E-state index contributed by atoms with van der Waals surface area (Å²) in [5.74, 6) is -7.68. The second-order valence-corrected chi connectivity index (χ2v) is 6.17. The molecule has 0 saturated heterocycles. The van der Waals surface area contributed by atoms with Crippen molar-refractivity contribution < 1.29 is 49.0 Å². The van der Waals surface area contributed by atoms with Gasteiger partial charge in [-0.25, -0.2) is 18.4 Å². The molecule has 2 atom stereocenters. The minimum absolute atomic E-state index is 1.71. The normalized spacial score (nSPS) is 15.6. The summed E-state index contributed by atoms with van der Waals surface area (Å²) in [5, 5.41) is 0. The van der Waals surface area contributed by atoms with Crippen molar-refractivity contribution in [2.24, 2.45) is 0 Å². The van der Waals surface area contributed by atoms with E-state index >= 15 is 0 Å². The van der Waals surface area contributed by atoms with E-state index in [2.05, 4.69) is 4.74 Å². The molecule has 13 heteroatoms. The maximum Gasteiger partial charge on any atom is 0.349 e. The van der Waals surface area contributed by atoms with Crippen molar-refractivity contribution in [2.75, 3.05) is 11.5 Å². The van der Waals surface area contributed by atoms with Crippen molar-refractivity contribution in [3.63, 3.8) is 0 Å². The van der Waals surface area contributed by atoms with Crippen molar-refractivity contribution in [3.8, 4) is 0 Å². The van der Waals surface area contributed by atoms with E-state index in [0.717, 1.165) is 0 Å². The fourth-order valence-corrected chi connectivity index (χ4v) is 1.74. The van der Waals surface area contributed by atoms with E-state index in [1.54, 1.807) is 0 Å². The van der Waals surface area contributed by atoms with Gasteiger partial charge in [-0.15, -0.1) is 0 Å². The molecule has 0 aromatic heterocycles. The van der Waals surface area contributed by atoms with Crippen LogP contribution in [0.1, 0.15) is 0 Å². The summed E-state index contributed by atoms with van der Waals surface area (Å²) in [6, 6.07) is 0. The number of carbonyl (C=O) groups excluding carboxylic acids is 2. The average molecular weight is 326 g/mol. The SMILES string of the molecule is O=C(OC(=O)C(F)CS(=O)(=O)O)C(F)CS(=O)(=O)O. The highest BCUT2D eigenvalue weighted by Crippen LogP contribution is 2.04. The maximum absolute atomic E-state index is 12.8. The molecule has 0 aromatic carbocycles. The Hall–Kier alpha value is -1.18. The molecule has 0 radical (unpaired) electrons. The van der Waals surface area contributed by atoms with E-state index in [0.29, 0.717) is 0 Å². The Labute approximate surface area is 106 Å². The van der Waals surface area contributed by atoms with Crippen molar-refractivity contribution in [1.82, 2.24) is 0 Å². The van der Waals surface area contributed by atoms with Crippen molar-refractivity contribution in [1.29, 1.82) is 0 Å². The molecular weight excluding hydrogens is 318 g/mol. The Kier molecular flexibility index (Phi) is 5.92. The molecule has 112 valence electrons. The quantitative estimate of drug-likeness (QED) is 0.337. The molecule has 0 rings (SSSR count). The smallest absolute Gasteiger partial charge is 0.349 e. The topological polar surface area (TPSA) is 152 Å². The Morgan fingerprint density at radius 2 is 1.16 bits per heavy atom. The van der Waals surface area contributed by atoms with E-state index < -0.39 is 56.0 Å². The summed E-state index contributed by atoms with van der Waals surface area (Å²) in [6.45, 7) is 0. The molecule has 0 aliphatic heterocycles. The molecular formula is C6H8F2O9S2. The predicted octanol–water partition coefficient (Wildman–Crippen LogP) is -1.49. The largest absolute Gasteiger partial charge is 0.389 e. The first-order valence-corrected chi connectivity index (χ1v) is 7.47. The number of rotatable bonds is 6. The second-order valence-electron chi connectivity index (χ2n) is 3.17. The fraction of sp³-hybridized carbons (Fsp3) is 0.667. The number of alkyl halides is 2. The third kappa shape index (κ3) is 8.52. The Balaban J connectivity index is 4.53. The molecule has 19 heavy (non-hydrogen) atoms. The molecule has 0 fully saturated rings. The van der Waals surface area contributed by atoms with E-state index in [4.69, 9.17) is 9.11 Å². The van der Waals surface area contributed by atoms with Crippen LogP contribution in [0.4, 0.5) is 8.78 Å². The maximum atomic E-state index is 12.8. The van der Waals surface area contributed by atoms with Gasteiger partial charge in [-0.2, -0.15) is 16.8 Å². The van der Waals surface area contributed by atoms with Crippen LogP contribution in [-0.2, 0) is 34.6 Å². The number of hydrogen-bond donors (Lipinski definition) is 2. The second kappa shape index (κ2) is 6.31. The van der Waals surface area contributed by atoms with Gasteiger partial charge >= 0.3 is 11.9 Å². The first-order valence-electron chi connectivity index (χ1n) is 4.26. The van der Waals surface area contributed by atoms with Crippen LogP contribution >= 0.6 is 0 Å². The van der Waals surface area contributed by atoms with E-state index in [-0.39, 0.29) is 0 Å². The van der Waals surface area contributed by atoms with Crippen molar-refractivity contribution in [3.05, 3.63) is 0 Å². The van der Waals surface area contributed by atoms with Crippen molar-refractivity contribution >= 4 is 32.2 Å². The zero-order chi connectivity index (χ0) is 15.4. The highest BCUT2D eigenvalue weighted by atomic mass is 32.2. The molecule has 0 aromatic rings. The van der Waals surface area contributed by atoms with E-state index in [1.165, 1.54) is 0 Å². The van der Waals surface area contributed by atoms with Crippen LogP contribution in [-0.4, -0.2) is 61.7 Å². The van der Waals surface area contributed by atoms with Gasteiger partial charge in [-0.1, -0.05) is 0 Å². The molecule has 9 nitrogen and oxygen atoms in total. The van der Waals surface area contributed by atoms with E-state index in [1.807, 2.05) is 0 Å².